The van der Waals surface area contributed by atoms with Crippen LogP contribution < -0.4 is 9.46 Å². The van der Waals surface area contributed by atoms with Crippen LogP contribution in [0.15, 0.2) is 35.2 Å². The number of benzene rings is 2. The van der Waals surface area contributed by atoms with Crippen LogP contribution in [-0.2, 0) is 10.0 Å². The first-order chi connectivity index (χ1) is 11.2. The van der Waals surface area contributed by atoms with Gasteiger partial charge in [-0.3, -0.25) is 4.72 Å². The fraction of sp³-hybridized carbons (Fsp3) is 0.333. The summed E-state index contributed by atoms with van der Waals surface area (Å²) in [5.74, 6) is 0.843. The summed E-state index contributed by atoms with van der Waals surface area (Å²) in [6.45, 7) is 7.57. The highest BCUT2D eigenvalue weighted by Crippen LogP contribution is 2.32. The molecule has 2 aromatic rings. The lowest BCUT2D eigenvalue weighted by atomic mass is 10.0. The van der Waals surface area contributed by atoms with Crippen molar-refractivity contribution in [1.82, 2.24) is 0 Å². The second-order valence-corrected chi connectivity index (χ2v) is 8.17. The van der Waals surface area contributed by atoms with Gasteiger partial charge < -0.3 is 4.74 Å². The maximum atomic E-state index is 12.8. The molecule has 6 heteroatoms. The van der Waals surface area contributed by atoms with E-state index < -0.39 is 10.0 Å². The molecule has 0 aliphatic carbocycles. The Morgan fingerprint density at radius 3 is 2.29 bits per heavy atom. The number of sulfonamides is 1. The van der Waals surface area contributed by atoms with E-state index in [2.05, 4.69) is 4.72 Å². The molecule has 0 bridgehead atoms. The minimum absolute atomic E-state index is 0.145. The van der Waals surface area contributed by atoms with Crippen molar-refractivity contribution >= 4 is 27.3 Å². The van der Waals surface area contributed by atoms with Gasteiger partial charge in [-0.1, -0.05) is 25.4 Å². The molecule has 0 aliphatic rings. The Kier molecular flexibility index (Phi) is 5.45. The first kappa shape index (κ1) is 18.6. The fourth-order valence-electron chi connectivity index (χ4n) is 2.54. The van der Waals surface area contributed by atoms with Gasteiger partial charge in [0.15, 0.2) is 0 Å². The summed E-state index contributed by atoms with van der Waals surface area (Å²) >= 11 is 5.93. The molecular formula is C18H22ClNO3S. The second kappa shape index (κ2) is 7.03. The number of anilines is 1. The highest BCUT2D eigenvalue weighted by molar-refractivity contribution is 7.92. The Balaban J connectivity index is 2.51. The number of methoxy groups -OCH3 is 1. The summed E-state index contributed by atoms with van der Waals surface area (Å²) in [5.41, 5.74) is 2.77. The highest BCUT2D eigenvalue weighted by atomic mass is 35.5. The van der Waals surface area contributed by atoms with Crippen molar-refractivity contribution in [3.63, 3.8) is 0 Å². The Bertz CT molecular complexity index is 861. The van der Waals surface area contributed by atoms with E-state index in [1.165, 1.54) is 0 Å². The van der Waals surface area contributed by atoms with Gasteiger partial charge in [-0.05, 0) is 66.8 Å². The number of hydrogen-bond donors (Lipinski definition) is 1. The predicted octanol–water partition coefficient (Wildman–Crippen LogP) is 4.89. The van der Waals surface area contributed by atoms with Crippen LogP contribution in [0.25, 0.3) is 0 Å². The van der Waals surface area contributed by atoms with Gasteiger partial charge in [0.1, 0.15) is 5.75 Å². The van der Waals surface area contributed by atoms with Crippen molar-refractivity contribution < 1.29 is 13.2 Å². The summed E-state index contributed by atoms with van der Waals surface area (Å²) in [6.07, 6.45) is 0. The molecule has 0 radical (unpaired) electrons. The molecule has 0 saturated heterocycles. The lowest BCUT2D eigenvalue weighted by Crippen LogP contribution is -2.16. The van der Waals surface area contributed by atoms with Crippen LogP contribution in [0.2, 0.25) is 5.02 Å². The molecule has 0 atom stereocenters. The van der Waals surface area contributed by atoms with Gasteiger partial charge in [0.25, 0.3) is 10.0 Å². The van der Waals surface area contributed by atoms with Gasteiger partial charge in [-0.15, -0.1) is 0 Å². The zero-order valence-electron chi connectivity index (χ0n) is 14.5. The lowest BCUT2D eigenvalue weighted by molar-refractivity contribution is 0.406. The number of halogens is 1. The Morgan fingerprint density at radius 2 is 1.75 bits per heavy atom. The van der Waals surface area contributed by atoms with Crippen LogP contribution in [0.1, 0.15) is 36.5 Å². The zero-order chi connectivity index (χ0) is 18.1. The number of nitrogens with one attached hydrogen (secondary N) is 1. The normalized spacial score (nSPS) is 11.6. The summed E-state index contributed by atoms with van der Waals surface area (Å²) in [7, 11) is -2.12. The van der Waals surface area contributed by atoms with E-state index in [4.69, 9.17) is 16.3 Å². The van der Waals surface area contributed by atoms with E-state index in [-0.39, 0.29) is 10.8 Å². The summed E-state index contributed by atoms with van der Waals surface area (Å²) in [5, 5.41) is 0.568. The molecule has 0 heterocycles. The van der Waals surface area contributed by atoms with Gasteiger partial charge in [0, 0.05) is 5.02 Å². The summed E-state index contributed by atoms with van der Waals surface area (Å²) < 4.78 is 33.7. The van der Waals surface area contributed by atoms with Gasteiger partial charge in [-0.2, -0.15) is 0 Å². The molecule has 0 aliphatic heterocycles. The number of ether oxygens (including phenoxy) is 1. The van der Waals surface area contributed by atoms with E-state index >= 15 is 0 Å². The average molecular weight is 368 g/mol. The van der Waals surface area contributed by atoms with Crippen LogP contribution in [0.4, 0.5) is 5.69 Å². The molecule has 1 N–H and O–H groups in total. The molecule has 0 saturated carbocycles. The zero-order valence-corrected chi connectivity index (χ0v) is 16.0. The van der Waals surface area contributed by atoms with Gasteiger partial charge in [0.05, 0.1) is 17.7 Å². The standard InChI is InChI=1S/C18H22ClNO3S/c1-11(2)15-10-18(13(4)9-17(15)23-5)24(21,22)20-16-7-6-14(19)8-12(16)3/h6-11,20H,1-5H3. The lowest BCUT2D eigenvalue weighted by Gasteiger charge is -2.17. The molecule has 0 amide bonds. The third kappa shape index (κ3) is 3.84. The first-order valence-corrected chi connectivity index (χ1v) is 9.49. The van der Waals surface area contributed by atoms with E-state index in [0.717, 1.165) is 11.1 Å². The average Bonchev–Trinajstić information content (AvgIpc) is 2.49. The molecule has 0 spiro atoms. The molecular weight excluding hydrogens is 346 g/mol. The van der Waals surface area contributed by atoms with Gasteiger partial charge in [0.2, 0.25) is 0 Å². The van der Waals surface area contributed by atoms with Gasteiger partial charge >= 0.3 is 0 Å². The molecule has 130 valence electrons. The Labute approximate surface area is 148 Å². The topological polar surface area (TPSA) is 55.4 Å². The second-order valence-electron chi connectivity index (χ2n) is 6.08. The third-order valence-electron chi connectivity index (χ3n) is 3.87. The van der Waals surface area contributed by atoms with E-state index in [0.29, 0.717) is 22.0 Å². The minimum atomic E-state index is -3.71. The van der Waals surface area contributed by atoms with Crippen LogP contribution in [0, 0.1) is 13.8 Å². The van der Waals surface area contributed by atoms with E-state index in [1.807, 2.05) is 20.8 Å². The quantitative estimate of drug-likeness (QED) is 0.818. The highest BCUT2D eigenvalue weighted by Gasteiger charge is 2.21. The monoisotopic (exact) mass is 367 g/mol. The largest absolute Gasteiger partial charge is 0.496 e. The molecule has 0 aromatic heterocycles. The third-order valence-corrected chi connectivity index (χ3v) is 5.61. The Morgan fingerprint density at radius 1 is 1.08 bits per heavy atom. The van der Waals surface area contributed by atoms with Crippen LogP contribution in [-0.4, -0.2) is 15.5 Å². The van der Waals surface area contributed by atoms with Gasteiger partial charge in [-0.25, -0.2) is 8.42 Å². The molecule has 0 unspecified atom stereocenters. The van der Waals surface area contributed by atoms with Crippen molar-refractivity contribution in [2.24, 2.45) is 0 Å². The van der Waals surface area contributed by atoms with Crippen molar-refractivity contribution in [3.05, 3.63) is 52.0 Å². The maximum absolute atomic E-state index is 12.8. The van der Waals surface area contributed by atoms with Crippen molar-refractivity contribution in [2.75, 3.05) is 11.8 Å². The molecule has 0 fully saturated rings. The summed E-state index contributed by atoms with van der Waals surface area (Å²) in [6, 6.07) is 8.50. The number of hydrogen-bond acceptors (Lipinski definition) is 3. The van der Waals surface area contributed by atoms with Crippen molar-refractivity contribution in [2.45, 2.75) is 38.5 Å². The smallest absolute Gasteiger partial charge is 0.262 e. The minimum Gasteiger partial charge on any atom is -0.496 e. The summed E-state index contributed by atoms with van der Waals surface area (Å²) in [4.78, 5) is 0.251. The Hall–Kier alpha value is -1.72. The molecule has 4 nitrogen and oxygen atoms in total. The van der Waals surface area contributed by atoms with E-state index in [1.54, 1.807) is 44.4 Å². The van der Waals surface area contributed by atoms with Crippen LogP contribution >= 0.6 is 11.6 Å². The van der Waals surface area contributed by atoms with E-state index in [9.17, 15) is 8.42 Å². The number of aryl methyl sites for hydroxylation is 2. The SMILES string of the molecule is COc1cc(C)c(S(=O)(=O)Nc2ccc(Cl)cc2C)cc1C(C)C. The van der Waals surface area contributed by atoms with Crippen LogP contribution in [0.3, 0.4) is 0 Å². The van der Waals surface area contributed by atoms with Crippen molar-refractivity contribution in [1.29, 1.82) is 0 Å². The molecule has 2 rings (SSSR count). The molecule has 24 heavy (non-hydrogen) atoms. The fourth-order valence-corrected chi connectivity index (χ4v) is 4.16. The molecule has 2 aromatic carbocycles. The first-order valence-electron chi connectivity index (χ1n) is 7.63. The van der Waals surface area contributed by atoms with Crippen molar-refractivity contribution in [3.8, 4) is 5.75 Å². The van der Waals surface area contributed by atoms with Crippen LogP contribution in [0.5, 0.6) is 5.75 Å². The number of rotatable bonds is 5. The predicted molar refractivity (Wildman–Crippen MR) is 98.8 cm³/mol. The maximum Gasteiger partial charge on any atom is 0.262 e.